The maximum Gasteiger partial charge on any atom is 0.325 e. The van der Waals surface area contributed by atoms with Crippen molar-refractivity contribution in [2.24, 2.45) is 5.41 Å². The van der Waals surface area contributed by atoms with Crippen molar-refractivity contribution < 1.29 is 19.1 Å². The topological polar surface area (TPSA) is 81.9 Å². The molecule has 3 rings (SSSR count). The van der Waals surface area contributed by atoms with Crippen LogP contribution in [0.15, 0.2) is 42.6 Å². The van der Waals surface area contributed by atoms with E-state index in [1.807, 2.05) is 32.9 Å². The van der Waals surface area contributed by atoms with Crippen LogP contribution in [0.2, 0.25) is 5.02 Å². The van der Waals surface area contributed by atoms with Gasteiger partial charge in [0.2, 0.25) is 0 Å². The average Bonchev–Trinajstić information content (AvgIpc) is 3.03. The van der Waals surface area contributed by atoms with Crippen LogP contribution >= 0.6 is 11.6 Å². The van der Waals surface area contributed by atoms with Crippen LogP contribution in [-0.4, -0.2) is 34.5 Å². The Labute approximate surface area is 186 Å². The number of imidazole rings is 1. The number of carbonyl (C=O) groups is 2. The number of carbonyl (C=O) groups excluding carboxylic acids is 2. The quantitative estimate of drug-likeness (QED) is 0.410. The molecule has 1 aromatic carbocycles. The molecule has 0 amide bonds. The summed E-state index contributed by atoms with van der Waals surface area (Å²) in [7, 11) is 0. The lowest BCUT2D eigenvalue weighted by molar-refractivity contribution is -0.141. The Balaban J connectivity index is 1.88. The van der Waals surface area contributed by atoms with Gasteiger partial charge < -0.3 is 14.8 Å². The number of halogens is 1. The number of ether oxygens (including phenoxy) is 2. The van der Waals surface area contributed by atoms with E-state index in [4.69, 9.17) is 21.1 Å². The van der Waals surface area contributed by atoms with Crippen LogP contribution in [-0.2, 0) is 14.3 Å². The maximum atomic E-state index is 12.1. The summed E-state index contributed by atoms with van der Waals surface area (Å²) in [6.07, 6.45) is 2.05. The van der Waals surface area contributed by atoms with Crippen LogP contribution in [0.25, 0.3) is 16.9 Å². The standard InChI is InChI=1S/C23H26ClN3O4/c1-5-30-20(29)13-25-22-21(26-18-11-8-16(24)14-27(18)22)15-6-9-17(10-7-15)31-19(28)12-23(2,3)4/h6-11,14,25H,5,12-13H2,1-4H3. The van der Waals surface area contributed by atoms with Gasteiger partial charge in [-0.25, -0.2) is 4.98 Å². The first-order valence-corrected chi connectivity index (χ1v) is 10.4. The normalized spacial score (nSPS) is 11.4. The first-order chi connectivity index (χ1) is 14.7. The molecule has 0 radical (unpaired) electrons. The third kappa shape index (κ3) is 5.98. The zero-order valence-electron chi connectivity index (χ0n) is 18.1. The number of hydrogen-bond acceptors (Lipinski definition) is 6. The molecule has 2 heterocycles. The second-order valence-electron chi connectivity index (χ2n) is 8.28. The van der Waals surface area contributed by atoms with Gasteiger partial charge in [-0.15, -0.1) is 0 Å². The fourth-order valence-corrected chi connectivity index (χ4v) is 3.20. The van der Waals surface area contributed by atoms with Crippen LogP contribution in [0.3, 0.4) is 0 Å². The van der Waals surface area contributed by atoms with E-state index >= 15 is 0 Å². The second kappa shape index (κ2) is 9.39. The van der Waals surface area contributed by atoms with Gasteiger partial charge in [-0.3, -0.25) is 14.0 Å². The van der Waals surface area contributed by atoms with Crippen molar-refractivity contribution in [1.29, 1.82) is 0 Å². The lowest BCUT2D eigenvalue weighted by Gasteiger charge is -2.16. The Kier molecular flexibility index (Phi) is 6.85. The molecule has 0 aliphatic carbocycles. The number of fused-ring (bicyclic) bond motifs is 1. The molecule has 0 saturated heterocycles. The van der Waals surface area contributed by atoms with E-state index in [1.54, 1.807) is 41.8 Å². The number of hydrogen-bond donors (Lipinski definition) is 1. The molecule has 0 bridgehead atoms. The second-order valence-corrected chi connectivity index (χ2v) is 8.72. The van der Waals surface area contributed by atoms with Crippen LogP contribution in [0.5, 0.6) is 5.75 Å². The summed E-state index contributed by atoms with van der Waals surface area (Å²) < 4.78 is 12.2. The Morgan fingerprint density at radius 3 is 2.45 bits per heavy atom. The van der Waals surface area contributed by atoms with E-state index in [0.717, 1.165) is 5.56 Å². The molecule has 7 nitrogen and oxygen atoms in total. The van der Waals surface area contributed by atoms with Crippen molar-refractivity contribution >= 4 is 35.0 Å². The van der Waals surface area contributed by atoms with E-state index in [0.29, 0.717) is 41.0 Å². The van der Waals surface area contributed by atoms with Crippen LogP contribution in [0, 0.1) is 5.41 Å². The largest absolute Gasteiger partial charge is 0.465 e. The summed E-state index contributed by atoms with van der Waals surface area (Å²) >= 11 is 6.16. The van der Waals surface area contributed by atoms with Crippen LogP contribution in [0.1, 0.15) is 34.1 Å². The molecule has 0 fully saturated rings. The highest BCUT2D eigenvalue weighted by atomic mass is 35.5. The van der Waals surface area contributed by atoms with Gasteiger partial charge in [0.25, 0.3) is 0 Å². The van der Waals surface area contributed by atoms with Crippen LogP contribution < -0.4 is 10.1 Å². The third-order valence-corrected chi connectivity index (χ3v) is 4.55. The van der Waals surface area contributed by atoms with E-state index in [1.165, 1.54) is 0 Å². The molecular weight excluding hydrogens is 418 g/mol. The summed E-state index contributed by atoms with van der Waals surface area (Å²) in [6.45, 7) is 8.01. The van der Waals surface area contributed by atoms with E-state index in [2.05, 4.69) is 10.3 Å². The van der Waals surface area contributed by atoms with Gasteiger partial charge in [0.05, 0.1) is 18.1 Å². The van der Waals surface area contributed by atoms with E-state index < -0.39 is 0 Å². The number of pyridine rings is 1. The highest BCUT2D eigenvalue weighted by Crippen LogP contribution is 2.31. The maximum absolute atomic E-state index is 12.1. The van der Waals surface area contributed by atoms with Crippen molar-refractivity contribution in [2.45, 2.75) is 34.1 Å². The van der Waals surface area contributed by atoms with Gasteiger partial charge in [-0.05, 0) is 48.7 Å². The number of nitrogens with zero attached hydrogens (tertiary/aromatic N) is 2. The monoisotopic (exact) mass is 443 g/mol. The van der Waals surface area contributed by atoms with Crippen molar-refractivity contribution in [1.82, 2.24) is 9.38 Å². The number of aromatic nitrogens is 2. The van der Waals surface area contributed by atoms with Gasteiger partial charge in [0.15, 0.2) is 0 Å². The first kappa shape index (κ1) is 22.6. The minimum absolute atomic E-state index is 0.0103. The molecule has 0 unspecified atom stereocenters. The first-order valence-electron chi connectivity index (χ1n) is 10.0. The third-order valence-electron chi connectivity index (χ3n) is 4.32. The predicted molar refractivity (Wildman–Crippen MR) is 120 cm³/mol. The SMILES string of the molecule is CCOC(=O)CNc1c(-c2ccc(OC(=O)CC(C)(C)C)cc2)nc2ccc(Cl)cn12. The minimum Gasteiger partial charge on any atom is -0.465 e. The number of anilines is 1. The van der Waals surface area contributed by atoms with Crippen molar-refractivity contribution in [2.75, 3.05) is 18.5 Å². The van der Waals surface area contributed by atoms with Gasteiger partial charge in [0.1, 0.15) is 29.5 Å². The molecule has 1 N–H and O–H groups in total. The fraction of sp³-hybridized carbons (Fsp3) is 0.348. The van der Waals surface area contributed by atoms with E-state index in [9.17, 15) is 9.59 Å². The van der Waals surface area contributed by atoms with Crippen molar-refractivity contribution in [3.8, 4) is 17.0 Å². The lowest BCUT2D eigenvalue weighted by atomic mass is 9.92. The Bertz CT molecular complexity index is 1080. The highest BCUT2D eigenvalue weighted by molar-refractivity contribution is 6.30. The Hall–Kier alpha value is -3.06. The summed E-state index contributed by atoms with van der Waals surface area (Å²) in [5, 5.41) is 3.64. The zero-order valence-corrected chi connectivity index (χ0v) is 18.8. The van der Waals surface area contributed by atoms with Gasteiger partial charge >= 0.3 is 11.9 Å². The van der Waals surface area contributed by atoms with Gasteiger partial charge in [-0.2, -0.15) is 0 Å². The molecular formula is C23H26ClN3O4. The smallest absolute Gasteiger partial charge is 0.325 e. The Morgan fingerprint density at radius 1 is 1.10 bits per heavy atom. The highest BCUT2D eigenvalue weighted by Gasteiger charge is 2.19. The van der Waals surface area contributed by atoms with Gasteiger partial charge in [-0.1, -0.05) is 32.4 Å². The summed E-state index contributed by atoms with van der Waals surface area (Å²) in [5.74, 6) is 0.430. The summed E-state index contributed by atoms with van der Waals surface area (Å²) in [6, 6.07) is 10.6. The molecule has 164 valence electrons. The number of esters is 2. The molecule has 0 aliphatic heterocycles. The zero-order chi connectivity index (χ0) is 22.6. The molecule has 3 aromatic rings. The molecule has 31 heavy (non-hydrogen) atoms. The Morgan fingerprint density at radius 2 is 1.81 bits per heavy atom. The summed E-state index contributed by atoms with van der Waals surface area (Å²) in [5.41, 5.74) is 1.96. The average molecular weight is 444 g/mol. The molecule has 0 aliphatic rings. The fourth-order valence-electron chi connectivity index (χ4n) is 3.04. The van der Waals surface area contributed by atoms with Crippen molar-refractivity contribution in [3.05, 3.63) is 47.6 Å². The van der Waals surface area contributed by atoms with Crippen molar-refractivity contribution in [3.63, 3.8) is 0 Å². The number of benzene rings is 1. The molecule has 0 atom stereocenters. The number of rotatable bonds is 7. The molecule has 2 aromatic heterocycles. The lowest BCUT2D eigenvalue weighted by Crippen LogP contribution is -2.18. The van der Waals surface area contributed by atoms with Crippen LogP contribution in [0.4, 0.5) is 5.82 Å². The molecule has 0 spiro atoms. The van der Waals surface area contributed by atoms with E-state index in [-0.39, 0.29) is 23.9 Å². The number of nitrogens with one attached hydrogen (secondary N) is 1. The molecule has 8 heteroatoms. The minimum atomic E-state index is -0.369. The molecule has 0 saturated carbocycles. The van der Waals surface area contributed by atoms with Gasteiger partial charge in [0, 0.05) is 11.8 Å². The summed E-state index contributed by atoms with van der Waals surface area (Å²) in [4.78, 5) is 28.6. The predicted octanol–water partition coefficient (Wildman–Crippen LogP) is 4.97.